The molecule has 0 aliphatic heterocycles. The molecule has 4 rings (SSSR count). The molecular formula is C24H14ClF4NO4S. The van der Waals surface area contributed by atoms with Crippen molar-refractivity contribution in [2.24, 2.45) is 0 Å². The van der Waals surface area contributed by atoms with Gasteiger partial charge in [0.25, 0.3) is 15.7 Å². The zero-order chi connectivity index (χ0) is 25.5. The van der Waals surface area contributed by atoms with Crippen molar-refractivity contribution in [3.63, 3.8) is 0 Å². The number of phenols is 1. The van der Waals surface area contributed by atoms with E-state index in [4.69, 9.17) is 11.6 Å². The molecule has 4 aromatic carbocycles. The maximum absolute atomic E-state index is 13.4. The van der Waals surface area contributed by atoms with Crippen molar-refractivity contribution >= 4 is 43.8 Å². The molecule has 0 atom stereocenters. The predicted octanol–water partition coefficient (Wildman–Crippen LogP) is 6.55. The number of carbonyl (C=O) groups excluding carboxylic acids is 1. The molecule has 0 unspecified atom stereocenters. The SMILES string of the molecule is O=C(Nc1ccc(S(=O)(=O)C(F)(F)F)cc1Cl)c1cc(-c2ccc(F)cc2)c2ccccc2c1O. The van der Waals surface area contributed by atoms with E-state index in [1.54, 1.807) is 24.3 Å². The minimum absolute atomic E-state index is 0.173. The first kappa shape index (κ1) is 24.5. The molecule has 1 amide bonds. The number of alkyl halides is 3. The van der Waals surface area contributed by atoms with Gasteiger partial charge < -0.3 is 10.4 Å². The van der Waals surface area contributed by atoms with Crippen LogP contribution in [0.2, 0.25) is 5.02 Å². The number of hydrogen-bond acceptors (Lipinski definition) is 4. The highest BCUT2D eigenvalue weighted by atomic mass is 35.5. The summed E-state index contributed by atoms with van der Waals surface area (Å²) >= 11 is 5.95. The molecule has 5 nitrogen and oxygen atoms in total. The van der Waals surface area contributed by atoms with Gasteiger partial charge in [0, 0.05) is 5.39 Å². The number of nitrogens with one attached hydrogen (secondary N) is 1. The van der Waals surface area contributed by atoms with Crippen LogP contribution in [0.3, 0.4) is 0 Å². The van der Waals surface area contributed by atoms with Crippen LogP contribution in [0, 0.1) is 5.82 Å². The summed E-state index contributed by atoms with van der Waals surface area (Å²) in [5.41, 5.74) is -4.80. The van der Waals surface area contributed by atoms with Crippen molar-refractivity contribution in [1.82, 2.24) is 0 Å². The third-order valence-corrected chi connectivity index (χ3v) is 7.02. The Hall–Kier alpha value is -3.63. The number of sulfone groups is 1. The second kappa shape index (κ2) is 8.86. The lowest BCUT2D eigenvalue weighted by atomic mass is 9.94. The molecule has 0 radical (unpaired) electrons. The fourth-order valence-electron chi connectivity index (χ4n) is 3.49. The van der Waals surface area contributed by atoms with Gasteiger partial charge in [-0.05, 0) is 52.9 Å². The zero-order valence-corrected chi connectivity index (χ0v) is 19.0. The summed E-state index contributed by atoms with van der Waals surface area (Å²) in [6, 6.07) is 15.7. The number of carbonyl (C=O) groups is 1. The van der Waals surface area contributed by atoms with Gasteiger partial charge in [0.2, 0.25) is 0 Å². The van der Waals surface area contributed by atoms with Gasteiger partial charge in [-0.15, -0.1) is 0 Å². The van der Waals surface area contributed by atoms with Crippen LogP contribution in [0.1, 0.15) is 10.4 Å². The third kappa shape index (κ3) is 4.54. The van der Waals surface area contributed by atoms with E-state index in [9.17, 15) is 35.9 Å². The first-order valence-electron chi connectivity index (χ1n) is 9.83. The molecule has 11 heteroatoms. The van der Waals surface area contributed by atoms with E-state index in [-0.39, 0.29) is 17.0 Å². The fraction of sp³-hybridized carbons (Fsp3) is 0.0417. The molecule has 0 saturated heterocycles. The molecule has 0 saturated carbocycles. The van der Waals surface area contributed by atoms with Gasteiger partial charge in [-0.1, -0.05) is 48.0 Å². The van der Waals surface area contributed by atoms with E-state index >= 15 is 0 Å². The van der Waals surface area contributed by atoms with Gasteiger partial charge in [-0.3, -0.25) is 4.79 Å². The summed E-state index contributed by atoms with van der Waals surface area (Å²) in [6.45, 7) is 0. The Kier molecular flexibility index (Phi) is 6.20. The van der Waals surface area contributed by atoms with Crippen LogP contribution in [0.4, 0.5) is 23.2 Å². The zero-order valence-electron chi connectivity index (χ0n) is 17.4. The van der Waals surface area contributed by atoms with Crippen molar-refractivity contribution in [2.45, 2.75) is 10.4 Å². The number of benzene rings is 4. The second-order valence-corrected chi connectivity index (χ2v) is 9.77. The van der Waals surface area contributed by atoms with Gasteiger partial charge in [-0.25, -0.2) is 12.8 Å². The number of hydrogen-bond donors (Lipinski definition) is 2. The quantitative estimate of drug-likeness (QED) is 0.297. The molecule has 180 valence electrons. The number of fused-ring (bicyclic) bond motifs is 1. The van der Waals surface area contributed by atoms with Crippen molar-refractivity contribution in [1.29, 1.82) is 0 Å². The summed E-state index contributed by atoms with van der Waals surface area (Å²) in [5, 5.41) is 13.6. The molecule has 0 spiro atoms. The van der Waals surface area contributed by atoms with E-state index in [1.807, 2.05) is 0 Å². The third-order valence-electron chi connectivity index (χ3n) is 5.22. The van der Waals surface area contributed by atoms with Crippen molar-refractivity contribution in [3.8, 4) is 16.9 Å². The number of phenolic OH excluding ortho intramolecular Hbond substituents is 1. The Balaban J connectivity index is 1.76. The smallest absolute Gasteiger partial charge is 0.501 e. The number of halogens is 5. The average molecular weight is 524 g/mol. The van der Waals surface area contributed by atoms with E-state index < -0.39 is 37.0 Å². The lowest BCUT2D eigenvalue weighted by Crippen LogP contribution is -2.23. The first-order chi connectivity index (χ1) is 16.4. The van der Waals surface area contributed by atoms with Crippen LogP contribution in [-0.4, -0.2) is 24.9 Å². The Bertz CT molecular complexity index is 1570. The predicted molar refractivity (Wildman–Crippen MR) is 124 cm³/mol. The lowest BCUT2D eigenvalue weighted by Gasteiger charge is -2.15. The van der Waals surface area contributed by atoms with Gasteiger partial charge in [0.05, 0.1) is 21.2 Å². The largest absolute Gasteiger partial charge is 0.506 e. The van der Waals surface area contributed by atoms with E-state index in [1.165, 1.54) is 30.3 Å². The number of rotatable bonds is 4. The molecule has 0 aliphatic rings. The fourth-order valence-corrected chi connectivity index (χ4v) is 4.57. The number of aromatic hydroxyl groups is 1. The highest BCUT2D eigenvalue weighted by Gasteiger charge is 2.47. The van der Waals surface area contributed by atoms with Crippen molar-refractivity contribution in [3.05, 3.63) is 89.2 Å². The van der Waals surface area contributed by atoms with Crippen molar-refractivity contribution in [2.75, 3.05) is 5.32 Å². The Morgan fingerprint density at radius 2 is 1.54 bits per heavy atom. The normalized spacial score (nSPS) is 12.0. The van der Waals surface area contributed by atoms with Crippen LogP contribution in [0.5, 0.6) is 5.75 Å². The number of anilines is 1. The van der Waals surface area contributed by atoms with Gasteiger partial charge in [0.1, 0.15) is 11.6 Å². The summed E-state index contributed by atoms with van der Waals surface area (Å²) in [5.74, 6) is -1.68. The summed E-state index contributed by atoms with van der Waals surface area (Å²) in [4.78, 5) is 11.9. The van der Waals surface area contributed by atoms with Crippen LogP contribution in [0.15, 0.2) is 77.7 Å². The first-order valence-corrected chi connectivity index (χ1v) is 11.7. The summed E-state index contributed by atoms with van der Waals surface area (Å²) < 4.78 is 75.0. The molecule has 4 aromatic rings. The monoisotopic (exact) mass is 523 g/mol. The van der Waals surface area contributed by atoms with Crippen LogP contribution in [0.25, 0.3) is 21.9 Å². The lowest BCUT2D eigenvalue weighted by molar-refractivity contribution is -0.0436. The summed E-state index contributed by atoms with van der Waals surface area (Å²) in [6.07, 6.45) is 0. The maximum Gasteiger partial charge on any atom is 0.501 e. The molecule has 0 bridgehead atoms. The Labute approximate surface area is 201 Å². The molecule has 0 aliphatic carbocycles. The molecule has 0 heterocycles. The van der Waals surface area contributed by atoms with Gasteiger partial charge in [0.15, 0.2) is 0 Å². The molecule has 0 fully saturated rings. The minimum Gasteiger partial charge on any atom is -0.506 e. The molecule has 35 heavy (non-hydrogen) atoms. The van der Waals surface area contributed by atoms with E-state index in [0.717, 1.165) is 6.07 Å². The molecule has 2 N–H and O–H groups in total. The average Bonchev–Trinajstić information content (AvgIpc) is 2.80. The standard InChI is InChI=1S/C24H14ClF4NO4S/c25-20-11-15(35(33,34)24(27,28)29)9-10-21(20)30-23(32)19-12-18(13-5-7-14(26)8-6-13)16-3-1-2-4-17(16)22(19)31/h1-12,31H,(H,30,32). The Morgan fingerprint density at radius 1 is 0.914 bits per heavy atom. The van der Waals surface area contributed by atoms with Crippen LogP contribution < -0.4 is 5.32 Å². The van der Waals surface area contributed by atoms with Crippen LogP contribution in [-0.2, 0) is 9.84 Å². The minimum atomic E-state index is -5.63. The summed E-state index contributed by atoms with van der Waals surface area (Å²) in [7, 11) is -5.63. The molecule has 0 aromatic heterocycles. The van der Waals surface area contributed by atoms with Crippen molar-refractivity contribution < 1.29 is 35.9 Å². The highest BCUT2D eigenvalue weighted by Crippen LogP contribution is 2.38. The molecular weight excluding hydrogens is 510 g/mol. The van der Waals surface area contributed by atoms with Crippen LogP contribution >= 0.6 is 11.6 Å². The highest BCUT2D eigenvalue weighted by molar-refractivity contribution is 7.92. The number of amides is 1. The maximum atomic E-state index is 13.4. The second-order valence-electron chi connectivity index (χ2n) is 7.42. The topological polar surface area (TPSA) is 83.5 Å². The Morgan fingerprint density at radius 3 is 2.14 bits per heavy atom. The van der Waals surface area contributed by atoms with Gasteiger partial charge >= 0.3 is 5.51 Å². The van der Waals surface area contributed by atoms with Gasteiger partial charge in [-0.2, -0.15) is 13.2 Å². The van der Waals surface area contributed by atoms with E-state index in [0.29, 0.717) is 34.0 Å². The van der Waals surface area contributed by atoms with E-state index in [2.05, 4.69) is 5.32 Å².